The molecule has 0 unspecified atom stereocenters. The standard InChI is InChI=1S/C62H37N5/c1-2-20-41(21-3-1)66-54-30-11-9-26-48(54)58-49-32-31-39-34-53-59(47-25-8-10-29-50(47)63-53)61-57(39)60(49)56(36-55(58)66)67(61)42-22-12-19-40(33-42)62-64-51(45-27-13-17-37-15-4-6-23-43(37)45)35-52(65-62)46-28-14-18-38-16-5-7-24-44(38)46/h1-36,63H. The predicted octanol–water partition coefficient (Wildman–Crippen LogP) is 16.2. The van der Waals surface area contributed by atoms with Crippen molar-refractivity contribution in [3.63, 3.8) is 0 Å². The lowest BCUT2D eigenvalue weighted by Gasteiger charge is -2.14. The van der Waals surface area contributed by atoms with Crippen LogP contribution in [-0.4, -0.2) is 24.1 Å². The quantitative estimate of drug-likeness (QED) is 0.175. The fourth-order valence-electron chi connectivity index (χ4n) is 11.3. The Labute approximate surface area is 383 Å². The molecule has 15 rings (SSSR count). The lowest BCUT2D eigenvalue weighted by atomic mass is 9.97. The second-order valence-electron chi connectivity index (χ2n) is 17.8. The van der Waals surface area contributed by atoms with Gasteiger partial charge in [0.25, 0.3) is 0 Å². The molecule has 0 spiro atoms. The second-order valence-corrected chi connectivity index (χ2v) is 17.8. The maximum Gasteiger partial charge on any atom is 0.160 e. The van der Waals surface area contributed by atoms with Crippen molar-refractivity contribution in [2.45, 2.75) is 0 Å². The third kappa shape index (κ3) is 5.19. The summed E-state index contributed by atoms with van der Waals surface area (Å²) in [5, 5.41) is 14.6. The van der Waals surface area contributed by atoms with Crippen molar-refractivity contribution >= 4 is 97.7 Å². The van der Waals surface area contributed by atoms with Crippen LogP contribution < -0.4 is 0 Å². The number of para-hydroxylation sites is 3. The average molecular weight is 852 g/mol. The number of hydrogen-bond acceptors (Lipinski definition) is 2. The van der Waals surface area contributed by atoms with Crippen LogP contribution in [-0.2, 0) is 0 Å². The summed E-state index contributed by atoms with van der Waals surface area (Å²) in [6.45, 7) is 0. The largest absolute Gasteiger partial charge is 0.354 e. The van der Waals surface area contributed by atoms with Crippen LogP contribution in [0.5, 0.6) is 0 Å². The van der Waals surface area contributed by atoms with Crippen molar-refractivity contribution < 1.29 is 0 Å². The topological polar surface area (TPSA) is 51.4 Å². The first-order valence-corrected chi connectivity index (χ1v) is 22.9. The Kier molecular flexibility index (Phi) is 7.44. The highest BCUT2D eigenvalue weighted by atomic mass is 15.0. The molecule has 0 amide bonds. The van der Waals surface area contributed by atoms with Crippen LogP contribution in [0.4, 0.5) is 0 Å². The highest BCUT2D eigenvalue weighted by Gasteiger charge is 2.26. The van der Waals surface area contributed by atoms with Gasteiger partial charge in [-0.05, 0) is 86.9 Å². The van der Waals surface area contributed by atoms with E-state index >= 15 is 0 Å². The number of aromatic nitrogens is 5. The van der Waals surface area contributed by atoms with E-state index in [1.54, 1.807) is 0 Å². The molecule has 0 atom stereocenters. The molecule has 5 heteroatoms. The van der Waals surface area contributed by atoms with Crippen molar-refractivity contribution in [1.29, 1.82) is 0 Å². The van der Waals surface area contributed by atoms with Crippen molar-refractivity contribution in [3.05, 3.63) is 218 Å². The molecule has 11 aromatic carbocycles. The SMILES string of the molecule is c1ccc(-n2c3ccccc3c3c4ccc5cc6[nH]c7ccccc7c6c6c5c4c(cc32)n6-c2cccc(-c3nc(-c4cccc5ccccc45)cc(-c4cccc5ccccc45)n3)c2)cc1. The second kappa shape index (κ2) is 13.7. The highest BCUT2D eigenvalue weighted by molar-refractivity contribution is 6.38. The zero-order valence-corrected chi connectivity index (χ0v) is 36.1. The number of fused-ring (bicyclic) bond motifs is 10. The average Bonchev–Trinajstić information content (AvgIpc) is 4.05. The van der Waals surface area contributed by atoms with Gasteiger partial charge in [-0.1, -0.05) is 164 Å². The molecule has 0 saturated carbocycles. The Morgan fingerprint density at radius 1 is 0.328 bits per heavy atom. The van der Waals surface area contributed by atoms with Gasteiger partial charge in [-0.15, -0.1) is 0 Å². The van der Waals surface area contributed by atoms with E-state index < -0.39 is 0 Å². The fourth-order valence-corrected chi connectivity index (χ4v) is 11.3. The monoisotopic (exact) mass is 851 g/mol. The van der Waals surface area contributed by atoms with E-state index in [9.17, 15) is 0 Å². The molecule has 0 aliphatic rings. The molecule has 15 aromatic rings. The maximum absolute atomic E-state index is 5.47. The Morgan fingerprint density at radius 2 is 0.940 bits per heavy atom. The highest BCUT2D eigenvalue weighted by Crippen LogP contribution is 2.49. The first kappa shape index (κ1) is 36.3. The van der Waals surface area contributed by atoms with Crippen LogP contribution in [0.3, 0.4) is 0 Å². The van der Waals surface area contributed by atoms with Gasteiger partial charge in [0.15, 0.2) is 5.82 Å². The van der Waals surface area contributed by atoms with Gasteiger partial charge in [-0.25, -0.2) is 9.97 Å². The Balaban J connectivity index is 1.06. The molecule has 0 radical (unpaired) electrons. The van der Waals surface area contributed by atoms with E-state index in [0.717, 1.165) is 66.8 Å². The number of benzene rings is 11. The van der Waals surface area contributed by atoms with Crippen LogP contribution in [0.25, 0.3) is 143 Å². The molecule has 4 heterocycles. The van der Waals surface area contributed by atoms with Crippen molar-refractivity contribution in [1.82, 2.24) is 24.1 Å². The maximum atomic E-state index is 5.47. The van der Waals surface area contributed by atoms with Gasteiger partial charge in [0.05, 0.1) is 33.5 Å². The van der Waals surface area contributed by atoms with Gasteiger partial charge in [0.1, 0.15) is 0 Å². The molecular formula is C62H37N5. The van der Waals surface area contributed by atoms with Crippen molar-refractivity contribution in [2.75, 3.05) is 0 Å². The summed E-state index contributed by atoms with van der Waals surface area (Å²) in [6, 6.07) is 78.9. The lowest BCUT2D eigenvalue weighted by Crippen LogP contribution is -1.99. The summed E-state index contributed by atoms with van der Waals surface area (Å²) in [7, 11) is 0. The molecule has 4 aromatic heterocycles. The molecule has 0 bridgehead atoms. The van der Waals surface area contributed by atoms with Crippen LogP contribution in [0.15, 0.2) is 218 Å². The third-order valence-electron chi connectivity index (χ3n) is 14.2. The molecule has 0 fully saturated rings. The minimum absolute atomic E-state index is 0.673. The Bertz CT molecular complexity index is 4400. The number of nitrogens with one attached hydrogen (secondary N) is 1. The van der Waals surface area contributed by atoms with E-state index in [4.69, 9.17) is 9.97 Å². The van der Waals surface area contributed by atoms with Gasteiger partial charge in [-0.3, -0.25) is 0 Å². The molecule has 0 aliphatic carbocycles. The van der Waals surface area contributed by atoms with Crippen LogP contribution in [0.1, 0.15) is 0 Å². The van der Waals surface area contributed by atoms with E-state index in [1.165, 1.54) is 70.4 Å². The number of hydrogen-bond donors (Lipinski definition) is 1. The summed E-state index contributed by atoms with van der Waals surface area (Å²) in [5.74, 6) is 0.673. The molecular weight excluding hydrogens is 815 g/mol. The van der Waals surface area contributed by atoms with Gasteiger partial charge >= 0.3 is 0 Å². The number of rotatable bonds is 5. The lowest BCUT2D eigenvalue weighted by molar-refractivity contribution is 1.16. The molecule has 0 saturated heterocycles. The minimum atomic E-state index is 0.673. The van der Waals surface area contributed by atoms with Crippen molar-refractivity contribution in [3.8, 4) is 45.3 Å². The van der Waals surface area contributed by atoms with E-state index in [1.807, 2.05) is 0 Å². The van der Waals surface area contributed by atoms with Gasteiger partial charge in [0, 0.05) is 71.4 Å². The van der Waals surface area contributed by atoms with Crippen molar-refractivity contribution in [2.24, 2.45) is 0 Å². The molecule has 310 valence electrons. The fraction of sp³-hybridized carbons (Fsp3) is 0. The smallest absolute Gasteiger partial charge is 0.160 e. The third-order valence-corrected chi connectivity index (χ3v) is 14.2. The summed E-state index contributed by atoms with van der Waals surface area (Å²) in [5.41, 5.74) is 14.0. The summed E-state index contributed by atoms with van der Waals surface area (Å²) < 4.78 is 4.95. The molecule has 67 heavy (non-hydrogen) atoms. The van der Waals surface area contributed by atoms with E-state index in [0.29, 0.717) is 5.82 Å². The van der Waals surface area contributed by atoms with Crippen LogP contribution >= 0.6 is 0 Å². The normalized spacial score (nSPS) is 12.2. The molecule has 0 aliphatic heterocycles. The Morgan fingerprint density at radius 3 is 1.70 bits per heavy atom. The zero-order chi connectivity index (χ0) is 43.7. The molecule has 1 N–H and O–H groups in total. The van der Waals surface area contributed by atoms with Crippen LogP contribution in [0, 0.1) is 0 Å². The zero-order valence-electron chi connectivity index (χ0n) is 36.1. The summed E-state index contributed by atoms with van der Waals surface area (Å²) >= 11 is 0. The summed E-state index contributed by atoms with van der Waals surface area (Å²) in [4.78, 5) is 14.7. The predicted molar refractivity (Wildman–Crippen MR) is 280 cm³/mol. The van der Waals surface area contributed by atoms with Gasteiger partial charge in [-0.2, -0.15) is 0 Å². The van der Waals surface area contributed by atoms with Crippen LogP contribution in [0.2, 0.25) is 0 Å². The van der Waals surface area contributed by atoms with Gasteiger partial charge in [0.2, 0.25) is 0 Å². The van der Waals surface area contributed by atoms with Gasteiger partial charge < -0.3 is 14.1 Å². The molecule has 5 nitrogen and oxygen atoms in total. The number of aromatic amines is 1. The minimum Gasteiger partial charge on any atom is -0.354 e. The first-order valence-electron chi connectivity index (χ1n) is 22.9. The first-order chi connectivity index (χ1) is 33.2. The number of H-pyrrole nitrogens is 1. The van der Waals surface area contributed by atoms with E-state index in [2.05, 4.69) is 233 Å². The van der Waals surface area contributed by atoms with E-state index in [-0.39, 0.29) is 0 Å². The summed E-state index contributed by atoms with van der Waals surface area (Å²) in [6.07, 6.45) is 0. The Hall–Kier alpha value is -9.06. The number of nitrogens with zero attached hydrogens (tertiary/aromatic N) is 4.